The molecule has 1 aromatic carbocycles. The van der Waals surface area contributed by atoms with Crippen LogP contribution in [0.5, 0.6) is 5.75 Å². The van der Waals surface area contributed by atoms with E-state index in [4.69, 9.17) is 5.11 Å². The van der Waals surface area contributed by atoms with Crippen molar-refractivity contribution in [2.24, 2.45) is 5.92 Å². The van der Waals surface area contributed by atoms with Crippen LogP contribution >= 0.6 is 15.9 Å². The number of benzene rings is 1. The average molecular weight is 302 g/mol. The summed E-state index contributed by atoms with van der Waals surface area (Å²) in [7, 11) is 0. The van der Waals surface area contributed by atoms with Crippen molar-refractivity contribution in [3.05, 3.63) is 28.2 Å². The molecule has 0 saturated heterocycles. The smallest absolute Gasteiger partial charge is 0.255 e. The van der Waals surface area contributed by atoms with Crippen LogP contribution in [0.25, 0.3) is 0 Å². The van der Waals surface area contributed by atoms with E-state index in [-0.39, 0.29) is 29.9 Å². The summed E-state index contributed by atoms with van der Waals surface area (Å²) in [6.45, 7) is 3.68. The number of carbonyl (C=O) groups is 1. The van der Waals surface area contributed by atoms with E-state index in [9.17, 15) is 9.90 Å². The molecule has 0 aliphatic rings. The second-order valence-corrected chi connectivity index (χ2v) is 5.08. The Labute approximate surface area is 109 Å². The highest BCUT2D eigenvalue weighted by Gasteiger charge is 2.18. The van der Waals surface area contributed by atoms with Crippen LogP contribution in [0.3, 0.4) is 0 Å². The van der Waals surface area contributed by atoms with E-state index in [1.54, 1.807) is 12.1 Å². The lowest BCUT2D eigenvalue weighted by Gasteiger charge is -2.20. The van der Waals surface area contributed by atoms with Gasteiger partial charge in [-0.25, -0.2) is 0 Å². The number of aliphatic hydroxyl groups excluding tert-OH is 1. The molecule has 3 N–H and O–H groups in total. The number of aliphatic hydroxyl groups is 1. The zero-order valence-corrected chi connectivity index (χ0v) is 11.4. The lowest BCUT2D eigenvalue weighted by atomic mass is 10.0. The number of phenols is 1. The molecule has 94 valence electrons. The van der Waals surface area contributed by atoms with E-state index < -0.39 is 5.91 Å². The van der Waals surface area contributed by atoms with Gasteiger partial charge in [0.15, 0.2) is 0 Å². The molecule has 0 saturated carbocycles. The molecular formula is C12H16BrNO3. The molecule has 0 aliphatic carbocycles. The van der Waals surface area contributed by atoms with Crippen LogP contribution in [0.4, 0.5) is 0 Å². The minimum absolute atomic E-state index is 0.0776. The molecule has 0 bridgehead atoms. The van der Waals surface area contributed by atoms with Crippen LogP contribution < -0.4 is 5.32 Å². The highest BCUT2D eigenvalue weighted by Crippen LogP contribution is 2.22. The summed E-state index contributed by atoms with van der Waals surface area (Å²) >= 11 is 3.24. The SMILES string of the molecule is CC(C)C(CO)NC(=O)c1cc(Br)ccc1O. The van der Waals surface area contributed by atoms with Crippen molar-refractivity contribution in [1.82, 2.24) is 5.32 Å². The molecule has 1 aromatic rings. The Hall–Kier alpha value is -1.07. The van der Waals surface area contributed by atoms with E-state index in [0.717, 1.165) is 0 Å². The summed E-state index contributed by atoms with van der Waals surface area (Å²) < 4.78 is 0.713. The number of hydrogen-bond donors (Lipinski definition) is 3. The summed E-state index contributed by atoms with van der Waals surface area (Å²) in [4.78, 5) is 11.9. The fourth-order valence-electron chi connectivity index (χ4n) is 1.36. The van der Waals surface area contributed by atoms with Crippen molar-refractivity contribution in [2.45, 2.75) is 19.9 Å². The number of aromatic hydroxyl groups is 1. The summed E-state index contributed by atoms with van der Waals surface area (Å²) in [6.07, 6.45) is 0. The fourth-order valence-corrected chi connectivity index (χ4v) is 1.72. The molecule has 1 unspecified atom stereocenters. The number of hydrogen-bond acceptors (Lipinski definition) is 3. The van der Waals surface area contributed by atoms with Crippen molar-refractivity contribution >= 4 is 21.8 Å². The highest BCUT2D eigenvalue weighted by molar-refractivity contribution is 9.10. The lowest BCUT2D eigenvalue weighted by Crippen LogP contribution is -2.41. The van der Waals surface area contributed by atoms with Crippen molar-refractivity contribution in [3.63, 3.8) is 0 Å². The summed E-state index contributed by atoms with van der Waals surface area (Å²) in [6, 6.07) is 4.32. The summed E-state index contributed by atoms with van der Waals surface area (Å²) in [5.41, 5.74) is 0.193. The van der Waals surface area contributed by atoms with Crippen LogP contribution in [-0.2, 0) is 0 Å². The normalized spacial score (nSPS) is 12.5. The molecule has 5 heteroatoms. The van der Waals surface area contributed by atoms with Gasteiger partial charge in [-0.2, -0.15) is 0 Å². The Bertz CT molecular complexity index is 407. The Morgan fingerprint density at radius 2 is 2.12 bits per heavy atom. The van der Waals surface area contributed by atoms with Crippen LogP contribution in [0.15, 0.2) is 22.7 Å². The van der Waals surface area contributed by atoms with Crippen molar-refractivity contribution < 1.29 is 15.0 Å². The van der Waals surface area contributed by atoms with Crippen molar-refractivity contribution in [3.8, 4) is 5.75 Å². The van der Waals surface area contributed by atoms with E-state index in [2.05, 4.69) is 21.2 Å². The maximum absolute atomic E-state index is 11.9. The zero-order valence-electron chi connectivity index (χ0n) is 9.77. The molecule has 17 heavy (non-hydrogen) atoms. The van der Waals surface area contributed by atoms with Crippen molar-refractivity contribution in [1.29, 1.82) is 0 Å². The topological polar surface area (TPSA) is 69.6 Å². The maximum Gasteiger partial charge on any atom is 0.255 e. The van der Waals surface area contributed by atoms with Crippen molar-refractivity contribution in [2.75, 3.05) is 6.61 Å². The van der Waals surface area contributed by atoms with E-state index >= 15 is 0 Å². The van der Waals surface area contributed by atoms with Gasteiger partial charge in [-0.1, -0.05) is 29.8 Å². The first-order chi connectivity index (χ1) is 7.95. The third-order valence-corrected chi connectivity index (χ3v) is 3.01. The quantitative estimate of drug-likeness (QED) is 0.795. The van der Waals surface area contributed by atoms with Gasteiger partial charge in [0.25, 0.3) is 5.91 Å². The molecule has 0 spiro atoms. The third-order valence-electron chi connectivity index (χ3n) is 2.52. The molecule has 4 nitrogen and oxygen atoms in total. The number of carbonyl (C=O) groups excluding carboxylic acids is 1. The van der Waals surface area contributed by atoms with E-state index in [1.165, 1.54) is 6.07 Å². The minimum atomic E-state index is -0.392. The standard InChI is InChI=1S/C12H16BrNO3/c1-7(2)10(6-15)14-12(17)9-5-8(13)3-4-11(9)16/h3-5,7,10,15-16H,6H2,1-2H3,(H,14,17). The van der Waals surface area contributed by atoms with Gasteiger partial charge >= 0.3 is 0 Å². The Balaban J connectivity index is 2.86. The third kappa shape index (κ3) is 3.71. The van der Waals surface area contributed by atoms with Gasteiger partial charge < -0.3 is 15.5 Å². The van der Waals surface area contributed by atoms with Crippen LogP contribution in [0.1, 0.15) is 24.2 Å². The van der Waals surface area contributed by atoms with E-state index in [0.29, 0.717) is 4.47 Å². The van der Waals surface area contributed by atoms with Gasteiger partial charge in [0.2, 0.25) is 0 Å². The molecule has 0 aliphatic heterocycles. The van der Waals surface area contributed by atoms with Gasteiger partial charge in [-0.05, 0) is 24.1 Å². The zero-order chi connectivity index (χ0) is 13.0. The minimum Gasteiger partial charge on any atom is -0.507 e. The molecule has 0 fully saturated rings. The average Bonchev–Trinajstić information content (AvgIpc) is 2.28. The lowest BCUT2D eigenvalue weighted by molar-refractivity contribution is 0.0894. The first-order valence-electron chi connectivity index (χ1n) is 5.36. The van der Waals surface area contributed by atoms with Gasteiger partial charge in [-0.15, -0.1) is 0 Å². The molecular weight excluding hydrogens is 286 g/mol. The Morgan fingerprint density at radius 3 is 2.65 bits per heavy atom. The molecule has 1 amide bonds. The number of halogens is 1. The second-order valence-electron chi connectivity index (χ2n) is 4.17. The van der Waals surface area contributed by atoms with Crippen LogP contribution in [-0.4, -0.2) is 28.8 Å². The largest absolute Gasteiger partial charge is 0.507 e. The Kier molecular flexibility index (Phi) is 4.96. The van der Waals surface area contributed by atoms with Crippen LogP contribution in [0, 0.1) is 5.92 Å². The predicted molar refractivity (Wildman–Crippen MR) is 69.0 cm³/mol. The predicted octanol–water partition coefficient (Wildman–Crippen LogP) is 1.90. The first kappa shape index (κ1) is 14.0. The monoisotopic (exact) mass is 301 g/mol. The molecule has 0 radical (unpaired) electrons. The number of phenolic OH excluding ortho intramolecular Hbond substituents is 1. The fraction of sp³-hybridized carbons (Fsp3) is 0.417. The van der Waals surface area contributed by atoms with E-state index in [1.807, 2.05) is 13.8 Å². The summed E-state index contributed by atoms with van der Waals surface area (Å²) in [5, 5.41) is 21.4. The molecule has 0 heterocycles. The summed E-state index contributed by atoms with van der Waals surface area (Å²) in [5.74, 6) is -0.346. The number of rotatable bonds is 4. The van der Waals surface area contributed by atoms with Crippen LogP contribution in [0.2, 0.25) is 0 Å². The molecule has 0 aromatic heterocycles. The maximum atomic E-state index is 11.9. The van der Waals surface area contributed by atoms with Gasteiger partial charge in [-0.3, -0.25) is 4.79 Å². The molecule has 1 atom stereocenters. The Morgan fingerprint density at radius 1 is 1.47 bits per heavy atom. The first-order valence-corrected chi connectivity index (χ1v) is 6.15. The molecule has 1 rings (SSSR count). The number of nitrogens with one attached hydrogen (secondary N) is 1. The van der Waals surface area contributed by atoms with Gasteiger partial charge in [0.1, 0.15) is 5.75 Å². The van der Waals surface area contributed by atoms with Gasteiger partial charge in [0.05, 0.1) is 18.2 Å². The highest BCUT2D eigenvalue weighted by atomic mass is 79.9. The number of amides is 1. The van der Waals surface area contributed by atoms with Gasteiger partial charge in [0, 0.05) is 4.47 Å². The second kappa shape index (κ2) is 6.02.